The lowest BCUT2D eigenvalue weighted by molar-refractivity contribution is -0.0688. The van der Waals surface area contributed by atoms with E-state index in [2.05, 4.69) is 12.2 Å². The average molecular weight is 327 g/mol. The van der Waals surface area contributed by atoms with Gasteiger partial charge < -0.3 is 10.1 Å². The molecule has 0 radical (unpaired) electrons. The van der Waals surface area contributed by atoms with E-state index in [-0.39, 0.29) is 11.9 Å². The third-order valence-corrected chi connectivity index (χ3v) is 6.85. The molecule has 1 aromatic rings. The Hall–Kier alpha value is -1.35. The molecule has 0 saturated heterocycles. The number of ether oxygens (including phenoxy) is 1. The number of amides is 1. The van der Waals surface area contributed by atoms with Gasteiger partial charge in [-0.05, 0) is 86.3 Å². The van der Waals surface area contributed by atoms with Gasteiger partial charge in [0.2, 0.25) is 0 Å². The topological polar surface area (TPSA) is 38.3 Å². The van der Waals surface area contributed by atoms with Crippen LogP contribution in [0.25, 0.3) is 0 Å². The fourth-order valence-corrected chi connectivity index (χ4v) is 6.11. The molecule has 1 amide bonds. The molecule has 0 heterocycles. The van der Waals surface area contributed by atoms with Crippen LogP contribution in [0.4, 0.5) is 0 Å². The highest BCUT2D eigenvalue weighted by Gasteiger charge is 2.53. The molecule has 3 heteroatoms. The minimum absolute atomic E-state index is 0.0659. The van der Waals surface area contributed by atoms with Crippen molar-refractivity contribution in [2.24, 2.45) is 23.2 Å². The highest BCUT2D eigenvalue weighted by atomic mass is 16.5. The minimum Gasteiger partial charge on any atom is -0.380 e. The van der Waals surface area contributed by atoms with Crippen molar-refractivity contribution in [3.8, 4) is 0 Å². The van der Waals surface area contributed by atoms with Crippen LogP contribution in [0.3, 0.4) is 0 Å². The summed E-state index contributed by atoms with van der Waals surface area (Å²) in [5.74, 6) is 2.82. The number of benzene rings is 1. The van der Waals surface area contributed by atoms with Gasteiger partial charge in [-0.25, -0.2) is 0 Å². The van der Waals surface area contributed by atoms with Gasteiger partial charge in [-0.15, -0.1) is 0 Å². The molecule has 24 heavy (non-hydrogen) atoms. The average Bonchev–Trinajstić information content (AvgIpc) is 2.54. The van der Waals surface area contributed by atoms with Crippen molar-refractivity contribution in [2.75, 3.05) is 7.11 Å². The molecule has 0 spiro atoms. The standard InChI is InChI=1S/C21H29NO2/c1-14(21-10-16-6-17(11-21)8-18(7-16)12-21)22-20(23)19-5-3-4-15(9-19)13-24-2/h3-5,9,14,16-18H,6-8,10-13H2,1-2H3,(H,22,23)/t14-,16?,17?,18?,21?/m1/s1. The molecule has 130 valence electrons. The van der Waals surface area contributed by atoms with Crippen LogP contribution in [0.15, 0.2) is 24.3 Å². The van der Waals surface area contributed by atoms with Crippen LogP contribution in [0.1, 0.15) is 61.4 Å². The Bertz CT molecular complexity index is 589. The first-order valence-corrected chi connectivity index (χ1v) is 9.47. The molecule has 4 aliphatic carbocycles. The molecular weight excluding hydrogens is 298 g/mol. The van der Waals surface area contributed by atoms with Crippen molar-refractivity contribution in [2.45, 2.75) is 58.1 Å². The fourth-order valence-electron chi connectivity index (χ4n) is 6.11. The maximum Gasteiger partial charge on any atom is 0.251 e. The number of nitrogens with one attached hydrogen (secondary N) is 1. The minimum atomic E-state index is 0.0659. The monoisotopic (exact) mass is 327 g/mol. The lowest BCUT2D eigenvalue weighted by Crippen LogP contribution is -2.55. The molecule has 4 aliphatic rings. The molecule has 5 rings (SSSR count). The van der Waals surface area contributed by atoms with E-state index in [0.717, 1.165) is 28.9 Å². The summed E-state index contributed by atoms with van der Waals surface area (Å²) >= 11 is 0. The predicted octanol–water partition coefficient (Wildman–Crippen LogP) is 4.17. The summed E-state index contributed by atoms with van der Waals surface area (Å²) in [6, 6.07) is 8.07. The summed E-state index contributed by atoms with van der Waals surface area (Å²) in [7, 11) is 1.68. The molecule has 3 nitrogen and oxygen atoms in total. The van der Waals surface area contributed by atoms with E-state index in [9.17, 15) is 4.79 Å². The quantitative estimate of drug-likeness (QED) is 0.881. The van der Waals surface area contributed by atoms with Gasteiger partial charge >= 0.3 is 0 Å². The second-order valence-electron chi connectivity index (χ2n) is 8.61. The van der Waals surface area contributed by atoms with E-state index >= 15 is 0 Å². The zero-order valence-corrected chi connectivity index (χ0v) is 14.9. The molecule has 4 fully saturated rings. The summed E-state index contributed by atoms with van der Waals surface area (Å²) in [6.45, 7) is 2.79. The molecule has 1 N–H and O–H groups in total. The highest BCUT2D eigenvalue weighted by molar-refractivity contribution is 5.94. The Labute approximate surface area is 145 Å². The number of hydrogen-bond acceptors (Lipinski definition) is 2. The van der Waals surface area contributed by atoms with Gasteiger partial charge in [0.05, 0.1) is 6.61 Å². The molecule has 0 aromatic heterocycles. The highest BCUT2D eigenvalue weighted by Crippen LogP contribution is 2.61. The van der Waals surface area contributed by atoms with Crippen LogP contribution < -0.4 is 5.32 Å². The van der Waals surface area contributed by atoms with Crippen molar-refractivity contribution in [3.63, 3.8) is 0 Å². The van der Waals surface area contributed by atoms with Crippen LogP contribution in [0, 0.1) is 23.2 Å². The van der Waals surface area contributed by atoms with Crippen LogP contribution >= 0.6 is 0 Å². The van der Waals surface area contributed by atoms with E-state index in [0.29, 0.717) is 12.0 Å². The van der Waals surface area contributed by atoms with Crippen molar-refractivity contribution in [1.29, 1.82) is 0 Å². The maximum atomic E-state index is 12.8. The fraction of sp³-hybridized carbons (Fsp3) is 0.667. The molecule has 4 saturated carbocycles. The first-order chi connectivity index (χ1) is 11.6. The largest absolute Gasteiger partial charge is 0.380 e. The van der Waals surface area contributed by atoms with Crippen molar-refractivity contribution in [3.05, 3.63) is 35.4 Å². The van der Waals surface area contributed by atoms with Crippen LogP contribution in [0.5, 0.6) is 0 Å². The van der Waals surface area contributed by atoms with Crippen molar-refractivity contribution >= 4 is 5.91 Å². The van der Waals surface area contributed by atoms with E-state index in [4.69, 9.17) is 4.74 Å². The second kappa shape index (κ2) is 6.18. The molecule has 4 bridgehead atoms. The van der Waals surface area contributed by atoms with Gasteiger partial charge in [0.25, 0.3) is 5.91 Å². The molecule has 0 aliphatic heterocycles. The number of methoxy groups -OCH3 is 1. The van der Waals surface area contributed by atoms with Gasteiger partial charge in [-0.1, -0.05) is 12.1 Å². The first-order valence-electron chi connectivity index (χ1n) is 9.47. The smallest absolute Gasteiger partial charge is 0.251 e. The zero-order valence-electron chi connectivity index (χ0n) is 14.9. The van der Waals surface area contributed by atoms with Gasteiger partial charge in [0, 0.05) is 18.7 Å². The summed E-state index contributed by atoms with van der Waals surface area (Å²) in [6.07, 6.45) is 8.30. The van der Waals surface area contributed by atoms with Crippen molar-refractivity contribution in [1.82, 2.24) is 5.32 Å². The molecule has 0 unspecified atom stereocenters. The van der Waals surface area contributed by atoms with E-state index in [1.807, 2.05) is 24.3 Å². The first kappa shape index (κ1) is 16.1. The number of carbonyl (C=O) groups excluding carboxylic acids is 1. The maximum absolute atomic E-state index is 12.8. The Kier molecular flexibility index (Phi) is 4.16. The van der Waals surface area contributed by atoms with Gasteiger partial charge in [0.1, 0.15) is 0 Å². The lowest BCUT2D eigenvalue weighted by Gasteiger charge is -2.59. The predicted molar refractivity (Wildman–Crippen MR) is 94.7 cm³/mol. The Balaban J connectivity index is 1.47. The van der Waals surface area contributed by atoms with E-state index in [1.54, 1.807) is 7.11 Å². The Morgan fingerprint density at radius 2 is 1.83 bits per heavy atom. The van der Waals surface area contributed by atoms with Crippen molar-refractivity contribution < 1.29 is 9.53 Å². The van der Waals surface area contributed by atoms with Crippen LogP contribution in [0.2, 0.25) is 0 Å². The summed E-state index contributed by atoms with van der Waals surface area (Å²) < 4.78 is 5.18. The Morgan fingerprint density at radius 1 is 1.21 bits per heavy atom. The summed E-state index contributed by atoms with van der Waals surface area (Å²) in [5.41, 5.74) is 2.16. The Morgan fingerprint density at radius 3 is 2.42 bits per heavy atom. The van der Waals surface area contributed by atoms with Gasteiger partial charge in [0.15, 0.2) is 0 Å². The van der Waals surface area contributed by atoms with E-state index in [1.165, 1.54) is 38.5 Å². The van der Waals surface area contributed by atoms with Gasteiger partial charge in [-0.2, -0.15) is 0 Å². The second-order valence-corrected chi connectivity index (χ2v) is 8.61. The summed E-state index contributed by atoms with van der Waals surface area (Å²) in [5, 5.41) is 3.34. The molecule has 1 aromatic carbocycles. The van der Waals surface area contributed by atoms with Crippen LogP contribution in [-0.4, -0.2) is 19.1 Å². The van der Waals surface area contributed by atoms with Gasteiger partial charge in [-0.3, -0.25) is 4.79 Å². The van der Waals surface area contributed by atoms with Crippen LogP contribution in [-0.2, 0) is 11.3 Å². The number of carbonyl (C=O) groups is 1. The normalized spacial score (nSPS) is 35.0. The lowest BCUT2D eigenvalue weighted by atomic mass is 9.48. The SMILES string of the molecule is COCc1cccc(C(=O)N[C@H](C)C23CC4CC(CC(C4)C2)C3)c1. The number of rotatable bonds is 5. The molecule has 1 atom stereocenters. The number of hydrogen-bond donors (Lipinski definition) is 1. The third kappa shape index (κ3) is 2.88. The zero-order chi connectivity index (χ0) is 16.7. The van der Waals surface area contributed by atoms with E-state index < -0.39 is 0 Å². The summed E-state index contributed by atoms with van der Waals surface area (Å²) in [4.78, 5) is 12.8. The third-order valence-electron chi connectivity index (χ3n) is 6.85. The molecular formula is C21H29NO2.